The van der Waals surface area contributed by atoms with Gasteiger partial charge in [-0.05, 0) is 12.1 Å². The zero-order valence-electron chi connectivity index (χ0n) is 7.00. The number of hydrogen-bond acceptors (Lipinski definition) is 4. The summed E-state index contributed by atoms with van der Waals surface area (Å²) < 4.78 is 4.49. The van der Waals surface area contributed by atoms with E-state index in [1.807, 2.05) is 0 Å². The van der Waals surface area contributed by atoms with Gasteiger partial charge in [0.25, 0.3) is 0 Å². The third-order valence-electron chi connectivity index (χ3n) is 1.55. The van der Waals surface area contributed by atoms with Crippen LogP contribution in [0.4, 0.5) is 11.4 Å². The molecule has 5 heteroatoms. The van der Waals surface area contributed by atoms with Crippen molar-refractivity contribution in [1.82, 2.24) is 0 Å². The lowest BCUT2D eigenvalue weighted by molar-refractivity contribution is 0.0601. The number of methoxy groups -OCH3 is 1. The van der Waals surface area contributed by atoms with Crippen molar-refractivity contribution < 1.29 is 9.53 Å². The fraction of sp³-hybridized carbons (Fsp3) is 0.125. The van der Waals surface area contributed by atoms with Crippen LogP contribution in [0, 0.1) is 0 Å². The first-order valence-electron chi connectivity index (χ1n) is 3.49. The first kappa shape index (κ1) is 9.67. The Bertz CT molecular complexity index is 329. The summed E-state index contributed by atoms with van der Waals surface area (Å²) in [7, 11) is 1.28. The topological polar surface area (TPSA) is 78.3 Å². The molecule has 1 aromatic rings. The van der Waals surface area contributed by atoms with Gasteiger partial charge in [0, 0.05) is 0 Å². The molecule has 0 saturated carbocycles. The number of carbonyl (C=O) groups is 1. The number of halogens is 1. The molecule has 0 aliphatic carbocycles. The zero-order chi connectivity index (χ0) is 10.0. The fourth-order valence-electron chi connectivity index (χ4n) is 0.906. The summed E-state index contributed by atoms with van der Waals surface area (Å²) >= 11 is 5.70. The molecule has 4 N–H and O–H groups in total. The number of hydrogen-bond donors (Lipinski definition) is 2. The predicted octanol–water partition coefficient (Wildman–Crippen LogP) is 1.29. The highest BCUT2D eigenvalue weighted by Crippen LogP contribution is 2.27. The van der Waals surface area contributed by atoms with Gasteiger partial charge in [-0.2, -0.15) is 0 Å². The fourth-order valence-corrected chi connectivity index (χ4v) is 1.01. The van der Waals surface area contributed by atoms with Crippen molar-refractivity contribution in [3.8, 4) is 0 Å². The molecular weight excluding hydrogens is 192 g/mol. The smallest absolute Gasteiger partial charge is 0.337 e. The van der Waals surface area contributed by atoms with E-state index in [0.717, 1.165) is 0 Å². The Hall–Kier alpha value is -1.42. The standard InChI is InChI=1S/C8H9ClN2O2/c1-13-8(12)4-2-5(10)7(9)6(11)3-4/h2-3H,10-11H2,1H3. The minimum Gasteiger partial charge on any atom is -0.465 e. The maximum Gasteiger partial charge on any atom is 0.337 e. The van der Waals surface area contributed by atoms with Crippen LogP contribution in [0.1, 0.15) is 10.4 Å². The zero-order valence-corrected chi connectivity index (χ0v) is 7.76. The Morgan fingerprint density at radius 3 is 2.23 bits per heavy atom. The lowest BCUT2D eigenvalue weighted by atomic mass is 10.2. The molecule has 13 heavy (non-hydrogen) atoms. The molecule has 0 amide bonds. The number of carbonyl (C=O) groups excluding carboxylic acids is 1. The average Bonchev–Trinajstić information content (AvgIpc) is 2.12. The van der Waals surface area contributed by atoms with Gasteiger partial charge in [-0.1, -0.05) is 11.6 Å². The minimum atomic E-state index is -0.491. The number of rotatable bonds is 1. The average molecular weight is 201 g/mol. The maximum absolute atomic E-state index is 11.1. The van der Waals surface area contributed by atoms with Crippen LogP contribution in [0.15, 0.2) is 12.1 Å². The second kappa shape index (κ2) is 3.53. The lowest BCUT2D eigenvalue weighted by Gasteiger charge is -2.05. The monoisotopic (exact) mass is 200 g/mol. The van der Waals surface area contributed by atoms with E-state index in [2.05, 4.69) is 4.74 Å². The summed E-state index contributed by atoms with van der Waals surface area (Å²) in [5.41, 5.74) is 11.8. The Balaban J connectivity index is 3.20. The SMILES string of the molecule is COC(=O)c1cc(N)c(Cl)c(N)c1. The number of anilines is 2. The summed E-state index contributed by atoms with van der Waals surface area (Å²) in [4.78, 5) is 11.1. The van der Waals surface area contributed by atoms with Crippen molar-refractivity contribution >= 4 is 28.9 Å². The minimum absolute atomic E-state index is 0.257. The maximum atomic E-state index is 11.1. The van der Waals surface area contributed by atoms with Crippen LogP contribution in [0.5, 0.6) is 0 Å². The number of nitrogens with two attached hydrogens (primary N) is 2. The van der Waals surface area contributed by atoms with Crippen molar-refractivity contribution in [1.29, 1.82) is 0 Å². The normalized spacial score (nSPS) is 9.69. The van der Waals surface area contributed by atoms with Crippen LogP contribution >= 0.6 is 11.6 Å². The van der Waals surface area contributed by atoms with Gasteiger partial charge in [-0.25, -0.2) is 4.79 Å². The van der Waals surface area contributed by atoms with Gasteiger partial charge in [0.2, 0.25) is 0 Å². The summed E-state index contributed by atoms with van der Waals surface area (Å²) in [6.45, 7) is 0. The van der Waals surface area contributed by atoms with E-state index in [-0.39, 0.29) is 16.4 Å². The van der Waals surface area contributed by atoms with Crippen molar-refractivity contribution in [3.05, 3.63) is 22.7 Å². The molecule has 0 radical (unpaired) electrons. The molecule has 4 nitrogen and oxygen atoms in total. The molecule has 0 spiro atoms. The summed E-state index contributed by atoms with van der Waals surface area (Å²) in [6, 6.07) is 2.84. The van der Waals surface area contributed by atoms with Crippen molar-refractivity contribution in [3.63, 3.8) is 0 Å². The van der Waals surface area contributed by atoms with E-state index in [9.17, 15) is 4.79 Å². The molecule has 0 unspecified atom stereocenters. The molecule has 0 bridgehead atoms. The molecule has 0 atom stereocenters. The Kier molecular flexibility index (Phi) is 2.63. The number of ether oxygens (including phenoxy) is 1. The van der Waals surface area contributed by atoms with E-state index in [0.29, 0.717) is 5.56 Å². The molecule has 1 rings (SSSR count). The highest BCUT2D eigenvalue weighted by molar-refractivity contribution is 6.35. The number of benzene rings is 1. The van der Waals surface area contributed by atoms with E-state index in [4.69, 9.17) is 23.1 Å². The van der Waals surface area contributed by atoms with Gasteiger partial charge in [-0.15, -0.1) is 0 Å². The molecule has 0 aliphatic rings. The highest BCUT2D eigenvalue weighted by atomic mass is 35.5. The number of esters is 1. The van der Waals surface area contributed by atoms with Gasteiger partial charge in [0.05, 0.1) is 29.1 Å². The summed E-state index contributed by atoms with van der Waals surface area (Å²) in [5.74, 6) is -0.491. The van der Waals surface area contributed by atoms with E-state index < -0.39 is 5.97 Å². The van der Waals surface area contributed by atoms with Crippen LogP contribution in [0.3, 0.4) is 0 Å². The molecule has 0 saturated heterocycles. The summed E-state index contributed by atoms with van der Waals surface area (Å²) in [6.07, 6.45) is 0. The van der Waals surface area contributed by atoms with Gasteiger partial charge in [0.1, 0.15) is 0 Å². The van der Waals surface area contributed by atoms with E-state index >= 15 is 0 Å². The largest absolute Gasteiger partial charge is 0.465 e. The third kappa shape index (κ3) is 1.84. The Labute approximate surface area is 80.4 Å². The first-order valence-corrected chi connectivity index (χ1v) is 3.87. The van der Waals surface area contributed by atoms with Gasteiger partial charge >= 0.3 is 5.97 Å². The lowest BCUT2D eigenvalue weighted by Crippen LogP contribution is -2.04. The quantitative estimate of drug-likeness (QED) is 0.529. The van der Waals surface area contributed by atoms with Crippen molar-refractivity contribution in [2.75, 3.05) is 18.6 Å². The van der Waals surface area contributed by atoms with Crippen molar-refractivity contribution in [2.24, 2.45) is 0 Å². The van der Waals surface area contributed by atoms with Crippen molar-refractivity contribution in [2.45, 2.75) is 0 Å². The summed E-state index contributed by atoms with van der Waals surface area (Å²) in [5, 5.41) is 0.257. The molecule has 1 aromatic carbocycles. The molecular formula is C8H9ClN2O2. The molecule has 70 valence electrons. The first-order chi connectivity index (χ1) is 6.06. The van der Waals surface area contributed by atoms with Crippen LogP contribution < -0.4 is 11.5 Å². The molecule has 0 aromatic heterocycles. The molecule has 0 heterocycles. The highest BCUT2D eigenvalue weighted by Gasteiger charge is 2.10. The van der Waals surface area contributed by atoms with E-state index in [1.165, 1.54) is 19.2 Å². The van der Waals surface area contributed by atoms with Crippen LogP contribution in [0.2, 0.25) is 5.02 Å². The number of nitrogen functional groups attached to an aromatic ring is 2. The second-order valence-electron chi connectivity index (χ2n) is 2.46. The van der Waals surface area contributed by atoms with Gasteiger partial charge in [0.15, 0.2) is 0 Å². The van der Waals surface area contributed by atoms with Gasteiger partial charge < -0.3 is 16.2 Å². The Morgan fingerprint density at radius 1 is 1.38 bits per heavy atom. The molecule has 0 aliphatic heterocycles. The second-order valence-corrected chi connectivity index (χ2v) is 2.84. The predicted molar refractivity (Wildman–Crippen MR) is 51.6 cm³/mol. The van der Waals surface area contributed by atoms with Crippen LogP contribution in [0.25, 0.3) is 0 Å². The van der Waals surface area contributed by atoms with Crippen LogP contribution in [-0.4, -0.2) is 13.1 Å². The molecule has 0 fully saturated rings. The Morgan fingerprint density at radius 2 is 1.85 bits per heavy atom. The van der Waals surface area contributed by atoms with Gasteiger partial charge in [-0.3, -0.25) is 0 Å². The van der Waals surface area contributed by atoms with E-state index in [1.54, 1.807) is 0 Å². The third-order valence-corrected chi connectivity index (χ3v) is 1.99. The van der Waals surface area contributed by atoms with Crippen LogP contribution in [-0.2, 0) is 4.74 Å².